The number of likely N-dealkylation sites (tertiary alicyclic amines) is 1. The van der Waals surface area contributed by atoms with E-state index in [9.17, 15) is 9.18 Å². The number of likely N-dealkylation sites (N-methyl/N-ethyl adjacent to an activating group) is 1. The van der Waals surface area contributed by atoms with Gasteiger partial charge in [0, 0.05) is 30.2 Å². The molecule has 1 atom stereocenters. The molecular weight excluding hydrogens is 291 g/mol. The Kier molecular flexibility index (Phi) is 5.59. The predicted molar refractivity (Wildman–Crippen MR) is 82.7 cm³/mol. The quantitative estimate of drug-likeness (QED) is 0.852. The molecule has 2 rings (SSSR count). The topological polar surface area (TPSA) is 23.6 Å². The van der Waals surface area contributed by atoms with E-state index in [-0.39, 0.29) is 18.3 Å². The molecule has 0 radical (unpaired) electrons. The first-order valence-electron chi connectivity index (χ1n) is 7.36. The number of nitrogens with zero attached hydrogens (tertiary/aromatic N) is 2. The minimum absolute atomic E-state index is 0.108. The van der Waals surface area contributed by atoms with E-state index < -0.39 is 0 Å². The van der Waals surface area contributed by atoms with Crippen molar-refractivity contribution in [3.05, 3.63) is 34.6 Å². The molecule has 5 heteroatoms. The lowest BCUT2D eigenvalue weighted by Gasteiger charge is -2.32. The van der Waals surface area contributed by atoms with Crippen LogP contribution in [0.15, 0.2) is 18.2 Å². The van der Waals surface area contributed by atoms with Crippen molar-refractivity contribution in [3.8, 4) is 0 Å². The van der Waals surface area contributed by atoms with Gasteiger partial charge < -0.3 is 4.90 Å². The molecule has 0 aromatic heterocycles. The normalized spacial score (nSPS) is 19.1. The smallest absolute Gasteiger partial charge is 0.236 e. The van der Waals surface area contributed by atoms with Gasteiger partial charge in [-0.3, -0.25) is 9.69 Å². The molecule has 1 fully saturated rings. The second-order valence-corrected chi connectivity index (χ2v) is 6.37. The van der Waals surface area contributed by atoms with E-state index in [2.05, 4.69) is 6.92 Å². The van der Waals surface area contributed by atoms with Crippen LogP contribution in [-0.4, -0.2) is 42.4 Å². The van der Waals surface area contributed by atoms with Crippen molar-refractivity contribution in [2.45, 2.75) is 26.3 Å². The van der Waals surface area contributed by atoms with Gasteiger partial charge in [0.05, 0.1) is 6.54 Å². The molecule has 1 aliphatic rings. The summed E-state index contributed by atoms with van der Waals surface area (Å²) in [7, 11) is 1.81. The molecule has 0 spiro atoms. The number of hydrogen-bond donors (Lipinski definition) is 0. The summed E-state index contributed by atoms with van der Waals surface area (Å²) in [4.78, 5) is 16.0. The van der Waals surface area contributed by atoms with Crippen LogP contribution < -0.4 is 0 Å². The third-order valence-corrected chi connectivity index (χ3v) is 4.26. The van der Waals surface area contributed by atoms with Gasteiger partial charge >= 0.3 is 0 Å². The largest absolute Gasteiger partial charge is 0.341 e. The van der Waals surface area contributed by atoms with Gasteiger partial charge in [-0.1, -0.05) is 24.6 Å². The van der Waals surface area contributed by atoms with E-state index in [0.717, 1.165) is 19.5 Å². The summed E-state index contributed by atoms with van der Waals surface area (Å²) in [5.74, 6) is 0.346. The van der Waals surface area contributed by atoms with Gasteiger partial charge in [-0.15, -0.1) is 0 Å². The highest BCUT2D eigenvalue weighted by molar-refractivity contribution is 6.31. The van der Waals surface area contributed by atoms with Gasteiger partial charge in [0.1, 0.15) is 5.82 Å². The Labute approximate surface area is 130 Å². The summed E-state index contributed by atoms with van der Waals surface area (Å²) in [6.45, 7) is 4.45. The molecule has 1 unspecified atom stereocenters. The number of carbonyl (C=O) groups excluding carboxylic acids is 1. The van der Waals surface area contributed by atoms with Crippen LogP contribution in [0, 0.1) is 11.7 Å². The molecule has 1 saturated heterocycles. The van der Waals surface area contributed by atoms with E-state index in [1.54, 1.807) is 12.1 Å². The Bertz CT molecular complexity index is 489. The fourth-order valence-electron chi connectivity index (χ4n) is 2.76. The first-order valence-corrected chi connectivity index (χ1v) is 7.74. The first-order chi connectivity index (χ1) is 9.97. The summed E-state index contributed by atoms with van der Waals surface area (Å²) >= 11 is 6.02. The Morgan fingerprint density at radius 1 is 1.52 bits per heavy atom. The fraction of sp³-hybridized carbons (Fsp3) is 0.562. The monoisotopic (exact) mass is 312 g/mol. The Morgan fingerprint density at radius 2 is 2.29 bits per heavy atom. The molecule has 0 N–H and O–H groups in total. The lowest BCUT2D eigenvalue weighted by atomic mass is 10.0. The van der Waals surface area contributed by atoms with E-state index in [4.69, 9.17) is 11.6 Å². The molecule has 116 valence electrons. The minimum Gasteiger partial charge on any atom is -0.341 e. The van der Waals surface area contributed by atoms with Gasteiger partial charge in [0.25, 0.3) is 0 Å². The highest BCUT2D eigenvalue weighted by Gasteiger charge is 2.22. The Hall–Kier alpha value is -1.13. The van der Waals surface area contributed by atoms with E-state index >= 15 is 0 Å². The van der Waals surface area contributed by atoms with Crippen LogP contribution in [0.2, 0.25) is 5.02 Å². The molecule has 3 nitrogen and oxygen atoms in total. The number of benzene rings is 1. The molecule has 1 amide bonds. The molecular formula is C16H22ClFN2O. The van der Waals surface area contributed by atoms with Crippen LogP contribution in [0.3, 0.4) is 0 Å². The second-order valence-electron chi connectivity index (χ2n) is 5.96. The van der Waals surface area contributed by atoms with Crippen molar-refractivity contribution in [3.63, 3.8) is 0 Å². The first kappa shape index (κ1) is 16.2. The lowest BCUT2D eigenvalue weighted by Crippen LogP contribution is -2.43. The average Bonchev–Trinajstić information content (AvgIpc) is 2.43. The zero-order chi connectivity index (χ0) is 15.4. The van der Waals surface area contributed by atoms with Crippen LogP contribution >= 0.6 is 11.6 Å². The average molecular weight is 313 g/mol. The minimum atomic E-state index is -0.326. The van der Waals surface area contributed by atoms with Crippen molar-refractivity contribution in [2.75, 3.05) is 26.7 Å². The van der Waals surface area contributed by atoms with Crippen LogP contribution in [0.5, 0.6) is 0 Å². The van der Waals surface area contributed by atoms with Crippen molar-refractivity contribution in [2.24, 2.45) is 5.92 Å². The van der Waals surface area contributed by atoms with Gasteiger partial charge in [0.2, 0.25) is 5.91 Å². The van der Waals surface area contributed by atoms with Gasteiger partial charge in [0.15, 0.2) is 0 Å². The van der Waals surface area contributed by atoms with Crippen LogP contribution in [-0.2, 0) is 11.3 Å². The lowest BCUT2D eigenvalue weighted by molar-refractivity contribution is -0.133. The van der Waals surface area contributed by atoms with E-state index in [0.29, 0.717) is 23.0 Å². The third kappa shape index (κ3) is 4.42. The third-order valence-electron chi connectivity index (χ3n) is 3.90. The molecule has 1 aromatic rings. The van der Waals surface area contributed by atoms with Crippen molar-refractivity contribution in [1.29, 1.82) is 0 Å². The summed E-state index contributed by atoms with van der Waals surface area (Å²) in [5.41, 5.74) is 0.446. The van der Waals surface area contributed by atoms with Gasteiger partial charge in [-0.25, -0.2) is 4.39 Å². The number of rotatable bonds is 4. The van der Waals surface area contributed by atoms with Crippen molar-refractivity contribution < 1.29 is 9.18 Å². The summed E-state index contributed by atoms with van der Waals surface area (Å²) in [5, 5.41) is 0.404. The maximum absolute atomic E-state index is 13.7. The number of amides is 1. The predicted octanol–water partition coefficient (Wildman–Crippen LogP) is 3.17. The number of piperidine rings is 1. The van der Waals surface area contributed by atoms with Crippen LogP contribution in [0.1, 0.15) is 25.3 Å². The Morgan fingerprint density at radius 3 is 2.95 bits per heavy atom. The maximum atomic E-state index is 13.7. The highest BCUT2D eigenvalue weighted by atomic mass is 35.5. The maximum Gasteiger partial charge on any atom is 0.236 e. The standard InChI is InChI=1S/C16H22ClFN2O/c1-12-5-4-8-20(9-12)16(21)11-19(2)10-13-14(17)6-3-7-15(13)18/h3,6-7,12H,4-5,8-11H2,1-2H3. The van der Waals surface area contributed by atoms with E-state index in [1.165, 1.54) is 12.5 Å². The van der Waals surface area contributed by atoms with Gasteiger partial charge in [-0.05, 0) is 37.9 Å². The number of halogens is 2. The van der Waals surface area contributed by atoms with Crippen molar-refractivity contribution >= 4 is 17.5 Å². The van der Waals surface area contributed by atoms with Gasteiger partial charge in [-0.2, -0.15) is 0 Å². The molecule has 1 heterocycles. The SMILES string of the molecule is CC1CCCN(C(=O)CN(C)Cc2c(F)cccc2Cl)C1. The van der Waals surface area contributed by atoms with Crippen molar-refractivity contribution in [1.82, 2.24) is 9.80 Å². The number of carbonyl (C=O) groups is 1. The molecule has 21 heavy (non-hydrogen) atoms. The summed E-state index contributed by atoms with van der Waals surface area (Å²) in [6.07, 6.45) is 2.25. The molecule has 1 aliphatic heterocycles. The highest BCUT2D eigenvalue weighted by Crippen LogP contribution is 2.20. The van der Waals surface area contributed by atoms with Crippen LogP contribution in [0.25, 0.3) is 0 Å². The molecule has 0 aliphatic carbocycles. The molecule has 0 saturated carbocycles. The Balaban J connectivity index is 1.92. The summed E-state index contributed by atoms with van der Waals surface area (Å²) < 4.78 is 13.7. The second kappa shape index (κ2) is 7.23. The molecule has 1 aromatic carbocycles. The van der Waals surface area contributed by atoms with E-state index in [1.807, 2.05) is 16.8 Å². The summed E-state index contributed by atoms with van der Waals surface area (Å²) in [6, 6.07) is 4.65. The number of hydrogen-bond acceptors (Lipinski definition) is 2. The molecule has 0 bridgehead atoms. The zero-order valence-corrected chi connectivity index (χ0v) is 13.4. The zero-order valence-electron chi connectivity index (χ0n) is 12.6. The fourth-order valence-corrected chi connectivity index (χ4v) is 2.98. The van der Waals surface area contributed by atoms with Crippen LogP contribution in [0.4, 0.5) is 4.39 Å².